The SMILES string of the molecule is S=c1[nH]nc(-c2ccccn2)n1C1CCN2CCCCC12. The van der Waals surface area contributed by atoms with Gasteiger partial charge in [-0.15, -0.1) is 0 Å². The van der Waals surface area contributed by atoms with Crippen molar-refractivity contribution >= 4 is 12.2 Å². The van der Waals surface area contributed by atoms with Gasteiger partial charge in [0.2, 0.25) is 0 Å². The number of pyridine rings is 1. The molecule has 0 aliphatic carbocycles. The standard InChI is InChI=1S/C15H19N5S/c21-15-18-17-14(11-5-1-3-8-16-11)20(15)13-7-10-19-9-4-2-6-12(13)19/h1,3,5,8,12-13H,2,4,6-7,9-10H2,(H,18,21). The third-order valence-corrected chi connectivity index (χ3v) is 5.04. The lowest BCUT2D eigenvalue weighted by Crippen LogP contribution is -2.37. The van der Waals surface area contributed by atoms with Gasteiger partial charge in [-0.1, -0.05) is 12.5 Å². The first-order chi connectivity index (χ1) is 10.3. The van der Waals surface area contributed by atoms with Crippen LogP contribution < -0.4 is 0 Å². The average molecular weight is 301 g/mol. The maximum Gasteiger partial charge on any atom is 0.195 e. The molecule has 2 aliphatic heterocycles. The summed E-state index contributed by atoms with van der Waals surface area (Å²) in [6, 6.07) is 6.94. The van der Waals surface area contributed by atoms with Crippen molar-refractivity contribution in [2.24, 2.45) is 0 Å². The maximum absolute atomic E-state index is 5.50. The van der Waals surface area contributed by atoms with Crippen LogP contribution in [0, 0.1) is 4.77 Å². The molecule has 1 N–H and O–H groups in total. The highest BCUT2D eigenvalue weighted by Gasteiger charge is 2.38. The Bertz CT molecular complexity index is 677. The highest BCUT2D eigenvalue weighted by Crippen LogP contribution is 2.37. The molecule has 0 spiro atoms. The van der Waals surface area contributed by atoms with E-state index in [4.69, 9.17) is 12.2 Å². The van der Waals surface area contributed by atoms with Gasteiger partial charge >= 0.3 is 0 Å². The molecule has 2 fully saturated rings. The number of nitrogens with zero attached hydrogens (tertiary/aromatic N) is 4. The zero-order chi connectivity index (χ0) is 14.2. The second kappa shape index (κ2) is 5.35. The third kappa shape index (κ3) is 2.22. The van der Waals surface area contributed by atoms with Crippen molar-refractivity contribution < 1.29 is 0 Å². The van der Waals surface area contributed by atoms with Crippen LogP contribution >= 0.6 is 12.2 Å². The number of H-pyrrole nitrogens is 1. The molecule has 21 heavy (non-hydrogen) atoms. The molecule has 0 amide bonds. The molecule has 2 aromatic heterocycles. The Hall–Kier alpha value is -1.53. The van der Waals surface area contributed by atoms with Crippen molar-refractivity contribution in [3.63, 3.8) is 0 Å². The van der Waals surface area contributed by atoms with Crippen LogP contribution in [-0.2, 0) is 0 Å². The molecule has 2 aliphatic rings. The van der Waals surface area contributed by atoms with E-state index in [1.165, 1.54) is 32.4 Å². The van der Waals surface area contributed by atoms with Crippen molar-refractivity contribution in [2.75, 3.05) is 13.1 Å². The predicted octanol–water partition coefficient (Wildman–Crippen LogP) is 2.80. The van der Waals surface area contributed by atoms with E-state index in [0.29, 0.717) is 16.9 Å². The summed E-state index contributed by atoms with van der Waals surface area (Å²) in [5, 5.41) is 7.40. The molecule has 110 valence electrons. The largest absolute Gasteiger partial charge is 0.298 e. The number of aromatic nitrogens is 4. The van der Waals surface area contributed by atoms with Crippen molar-refractivity contribution in [1.82, 2.24) is 24.6 Å². The fraction of sp³-hybridized carbons (Fsp3) is 0.533. The van der Waals surface area contributed by atoms with Gasteiger partial charge in [0, 0.05) is 18.8 Å². The zero-order valence-corrected chi connectivity index (χ0v) is 12.7. The van der Waals surface area contributed by atoms with Gasteiger partial charge in [-0.3, -0.25) is 19.5 Å². The molecular weight excluding hydrogens is 282 g/mol. The van der Waals surface area contributed by atoms with Gasteiger partial charge in [0.05, 0.1) is 6.04 Å². The van der Waals surface area contributed by atoms with Crippen LogP contribution in [0.1, 0.15) is 31.7 Å². The Balaban J connectivity index is 1.76. The van der Waals surface area contributed by atoms with Gasteiger partial charge < -0.3 is 0 Å². The Morgan fingerprint density at radius 1 is 1.14 bits per heavy atom. The lowest BCUT2D eigenvalue weighted by molar-refractivity contribution is 0.173. The highest BCUT2D eigenvalue weighted by molar-refractivity contribution is 7.71. The van der Waals surface area contributed by atoms with E-state index in [0.717, 1.165) is 17.9 Å². The van der Waals surface area contributed by atoms with Crippen LogP contribution in [0.25, 0.3) is 11.5 Å². The quantitative estimate of drug-likeness (QED) is 0.867. The first kappa shape index (κ1) is 13.2. The van der Waals surface area contributed by atoms with Crippen molar-refractivity contribution in [1.29, 1.82) is 0 Å². The van der Waals surface area contributed by atoms with Gasteiger partial charge in [-0.2, -0.15) is 5.10 Å². The predicted molar refractivity (Wildman–Crippen MR) is 83.5 cm³/mol. The molecular formula is C15H19N5S. The minimum atomic E-state index is 0.425. The van der Waals surface area contributed by atoms with Crippen molar-refractivity contribution in [3.8, 4) is 11.5 Å². The summed E-state index contributed by atoms with van der Waals surface area (Å²) >= 11 is 5.50. The molecule has 4 rings (SSSR count). The van der Waals surface area contributed by atoms with Gasteiger partial charge in [0.1, 0.15) is 5.69 Å². The Morgan fingerprint density at radius 3 is 2.95 bits per heavy atom. The van der Waals surface area contributed by atoms with Crippen LogP contribution in [0.3, 0.4) is 0 Å². The van der Waals surface area contributed by atoms with Crippen LogP contribution in [-0.4, -0.2) is 43.8 Å². The van der Waals surface area contributed by atoms with Crippen molar-refractivity contribution in [2.45, 2.75) is 37.8 Å². The second-order valence-corrected chi connectivity index (χ2v) is 6.28. The fourth-order valence-corrected chi connectivity index (χ4v) is 4.08. The summed E-state index contributed by atoms with van der Waals surface area (Å²) < 4.78 is 2.92. The Morgan fingerprint density at radius 2 is 2.10 bits per heavy atom. The summed E-state index contributed by atoms with van der Waals surface area (Å²) in [6.07, 6.45) is 6.87. The number of nitrogens with one attached hydrogen (secondary N) is 1. The molecule has 0 aromatic carbocycles. The minimum Gasteiger partial charge on any atom is -0.298 e. The summed E-state index contributed by atoms with van der Waals surface area (Å²) in [5.41, 5.74) is 0.888. The number of rotatable bonds is 2. The van der Waals surface area contributed by atoms with Gasteiger partial charge in [-0.05, 0) is 50.2 Å². The van der Waals surface area contributed by atoms with Crippen LogP contribution in [0.4, 0.5) is 0 Å². The van der Waals surface area contributed by atoms with Crippen LogP contribution in [0.15, 0.2) is 24.4 Å². The van der Waals surface area contributed by atoms with E-state index in [9.17, 15) is 0 Å². The topological polar surface area (TPSA) is 49.7 Å². The summed E-state index contributed by atoms with van der Waals surface area (Å²) in [6.45, 7) is 2.40. The molecule has 2 unspecified atom stereocenters. The monoisotopic (exact) mass is 301 g/mol. The molecule has 4 heterocycles. The van der Waals surface area contributed by atoms with E-state index >= 15 is 0 Å². The molecule has 0 saturated carbocycles. The van der Waals surface area contributed by atoms with E-state index in [1.54, 1.807) is 6.20 Å². The molecule has 2 aromatic rings. The lowest BCUT2D eigenvalue weighted by Gasteiger charge is -2.32. The normalized spacial score (nSPS) is 25.9. The number of piperidine rings is 1. The summed E-state index contributed by atoms with van der Waals surface area (Å²) in [7, 11) is 0. The molecule has 2 saturated heterocycles. The smallest absolute Gasteiger partial charge is 0.195 e. The molecule has 2 atom stereocenters. The van der Waals surface area contributed by atoms with E-state index in [-0.39, 0.29) is 0 Å². The first-order valence-corrected chi connectivity index (χ1v) is 8.08. The number of aromatic amines is 1. The van der Waals surface area contributed by atoms with Gasteiger partial charge in [0.25, 0.3) is 0 Å². The van der Waals surface area contributed by atoms with Gasteiger partial charge in [-0.25, -0.2) is 0 Å². The molecule has 6 heteroatoms. The van der Waals surface area contributed by atoms with E-state index in [2.05, 4.69) is 24.6 Å². The van der Waals surface area contributed by atoms with Gasteiger partial charge in [0.15, 0.2) is 10.6 Å². The fourth-order valence-electron chi connectivity index (χ4n) is 3.81. The first-order valence-electron chi connectivity index (χ1n) is 7.67. The number of fused-ring (bicyclic) bond motifs is 1. The maximum atomic E-state index is 5.50. The molecule has 5 nitrogen and oxygen atoms in total. The molecule has 0 bridgehead atoms. The zero-order valence-electron chi connectivity index (χ0n) is 11.9. The number of hydrogen-bond acceptors (Lipinski definition) is 4. The third-order valence-electron chi connectivity index (χ3n) is 4.75. The van der Waals surface area contributed by atoms with Crippen LogP contribution in [0.5, 0.6) is 0 Å². The molecule has 0 radical (unpaired) electrons. The van der Waals surface area contributed by atoms with E-state index in [1.807, 2.05) is 18.2 Å². The average Bonchev–Trinajstić information content (AvgIpc) is 3.11. The second-order valence-electron chi connectivity index (χ2n) is 5.89. The Kier molecular flexibility index (Phi) is 3.35. The van der Waals surface area contributed by atoms with E-state index < -0.39 is 0 Å². The summed E-state index contributed by atoms with van der Waals surface area (Å²) in [5.74, 6) is 0.873. The van der Waals surface area contributed by atoms with Crippen LogP contribution in [0.2, 0.25) is 0 Å². The Labute approximate surface area is 129 Å². The van der Waals surface area contributed by atoms with Crippen molar-refractivity contribution in [3.05, 3.63) is 29.2 Å². The highest BCUT2D eigenvalue weighted by atomic mass is 32.1. The summed E-state index contributed by atoms with van der Waals surface area (Å²) in [4.78, 5) is 7.05. The lowest BCUT2D eigenvalue weighted by atomic mass is 9.99. The number of hydrogen-bond donors (Lipinski definition) is 1. The minimum absolute atomic E-state index is 0.425.